The largest absolute Gasteiger partial charge is 0.369 e. The number of aryl methyl sites for hydroxylation is 1. The normalized spacial score (nSPS) is 10.8. The summed E-state index contributed by atoms with van der Waals surface area (Å²) in [5, 5.41) is 0. The maximum absolute atomic E-state index is 11.5. The second-order valence-corrected chi connectivity index (χ2v) is 3.32. The molecule has 0 spiro atoms. The predicted molar refractivity (Wildman–Crippen MR) is 52.7 cm³/mol. The van der Waals surface area contributed by atoms with Crippen molar-refractivity contribution in [3.63, 3.8) is 0 Å². The lowest BCUT2D eigenvalue weighted by atomic mass is 10.0. The lowest BCUT2D eigenvalue weighted by Gasteiger charge is -2.09. The average molecular weight is 181 g/mol. The molecule has 0 saturated heterocycles. The number of nitrogens with zero attached hydrogens (tertiary/aromatic N) is 1. The van der Waals surface area contributed by atoms with E-state index >= 15 is 0 Å². The summed E-state index contributed by atoms with van der Waals surface area (Å²) < 4.78 is 0. The molecule has 4 heteroatoms. The number of anilines is 1. The number of aromatic nitrogens is 2. The van der Waals surface area contributed by atoms with Gasteiger partial charge in [0.2, 0.25) is 5.95 Å². The molecule has 0 fully saturated rings. The summed E-state index contributed by atoms with van der Waals surface area (Å²) in [6.45, 7) is 5.91. The van der Waals surface area contributed by atoms with Crippen LogP contribution >= 0.6 is 0 Å². The maximum Gasteiger partial charge on any atom is 0.255 e. The van der Waals surface area contributed by atoms with E-state index in [1.807, 2.05) is 20.8 Å². The van der Waals surface area contributed by atoms with Gasteiger partial charge in [-0.2, -0.15) is 0 Å². The highest BCUT2D eigenvalue weighted by molar-refractivity contribution is 5.27. The smallest absolute Gasteiger partial charge is 0.255 e. The van der Waals surface area contributed by atoms with Gasteiger partial charge in [0, 0.05) is 5.56 Å². The van der Waals surface area contributed by atoms with E-state index in [1.54, 1.807) is 0 Å². The van der Waals surface area contributed by atoms with Gasteiger partial charge in [-0.3, -0.25) is 9.78 Å². The number of hydrogen-bond donors (Lipinski definition) is 2. The van der Waals surface area contributed by atoms with Crippen molar-refractivity contribution < 1.29 is 0 Å². The van der Waals surface area contributed by atoms with Gasteiger partial charge in [-0.15, -0.1) is 0 Å². The van der Waals surface area contributed by atoms with Gasteiger partial charge in [-0.05, 0) is 12.3 Å². The van der Waals surface area contributed by atoms with Gasteiger partial charge >= 0.3 is 0 Å². The van der Waals surface area contributed by atoms with E-state index in [9.17, 15) is 4.79 Å². The number of H-pyrrole nitrogens is 1. The molecule has 1 aromatic heterocycles. The third kappa shape index (κ3) is 1.88. The van der Waals surface area contributed by atoms with Gasteiger partial charge in [0.1, 0.15) is 0 Å². The first-order valence-electron chi connectivity index (χ1n) is 4.44. The van der Waals surface area contributed by atoms with Gasteiger partial charge in [0.25, 0.3) is 5.56 Å². The van der Waals surface area contributed by atoms with Gasteiger partial charge in [-0.1, -0.05) is 20.8 Å². The first-order valence-corrected chi connectivity index (χ1v) is 4.44. The van der Waals surface area contributed by atoms with E-state index in [0.29, 0.717) is 0 Å². The Labute approximate surface area is 77.2 Å². The molecular formula is C9H15N3O. The van der Waals surface area contributed by atoms with Crippen molar-refractivity contribution in [2.24, 2.45) is 0 Å². The predicted octanol–water partition coefficient (Wildman–Crippen LogP) is 1.04. The second-order valence-electron chi connectivity index (χ2n) is 3.32. The van der Waals surface area contributed by atoms with Crippen molar-refractivity contribution in [1.82, 2.24) is 9.97 Å². The first kappa shape index (κ1) is 9.77. The van der Waals surface area contributed by atoms with Crippen LogP contribution in [-0.2, 0) is 6.42 Å². The topological polar surface area (TPSA) is 71.8 Å². The van der Waals surface area contributed by atoms with Crippen molar-refractivity contribution in [3.8, 4) is 0 Å². The van der Waals surface area contributed by atoms with Gasteiger partial charge in [-0.25, -0.2) is 4.98 Å². The summed E-state index contributed by atoms with van der Waals surface area (Å²) in [5.41, 5.74) is 6.87. The molecule has 0 saturated carbocycles. The Morgan fingerprint density at radius 3 is 2.62 bits per heavy atom. The van der Waals surface area contributed by atoms with E-state index < -0.39 is 0 Å². The Kier molecular flexibility index (Phi) is 2.70. The van der Waals surface area contributed by atoms with Gasteiger partial charge < -0.3 is 5.73 Å². The molecule has 0 unspecified atom stereocenters. The maximum atomic E-state index is 11.5. The second kappa shape index (κ2) is 3.60. The molecule has 0 aliphatic rings. The summed E-state index contributed by atoms with van der Waals surface area (Å²) in [6.07, 6.45) is 0.738. The Bertz CT molecular complexity index is 354. The van der Waals surface area contributed by atoms with Crippen LogP contribution in [-0.4, -0.2) is 9.97 Å². The van der Waals surface area contributed by atoms with E-state index in [4.69, 9.17) is 5.73 Å². The van der Waals surface area contributed by atoms with Gasteiger partial charge in [0.15, 0.2) is 0 Å². The molecule has 0 atom stereocenters. The number of nitrogens with two attached hydrogens (primary N) is 1. The van der Waals surface area contributed by atoms with Crippen LogP contribution in [0.1, 0.15) is 37.9 Å². The summed E-state index contributed by atoms with van der Waals surface area (Å²) >= 11 is 0. The van der Waals surface area contributed by atoms with Crippen molar-refractivity contribution in [1.29, 1.82) is 0 Å². The molecule has 1 heterocycles. The van der Waals surface area contributed by atoms with Crippen LogP contribution in [0.4, 0.5) is 5.95 Å². The average Bonchev–Trinajstić information content (AvgIpc) is 2.01. The molecule has 13 heavy (non-hydrogen) atoms. The summed E-state index contributed by atoms with van der Waals surface area (Å²) in [6, 6.07) is 0. The molecule has 1 aromatic rings. The quantitative estimate of drug-likeness (QED) is 0.716. The highest BCUT2D eigenvalue weighted by atomic mass is 16.1. The molecule has 3 N–H and O–H groups in total. The molecule has 4 nitrogen and oxygen atoms in total. The van der Waals surface area contributed by atoms with Gasteiger partial charge in [0.05, 0.1) is 5.69 Å². The van der Waals surface area contributed by atoms with Crippen molar-refractivity contribution in [2.45, 2.75) is 33.1 Å². The van der Waals surface area contributed by atoms with Crippen LogP contribution in [0.25, 0.3) is 0 Å². The first-order chi connectivity index (χ1) is 6.06. The lowest BCUT2D eigenvalue weighted by Crippen LogP contribution is -2.20. The highest BCUT2D eigenvalue weighted by Gasteiger charge is 2.11. The molecule has 0 amide bonds. The molecule has 0 aliphatic heterocycles. The van der Waals surface area contributed by atoms with Crippen molar-refractivity contribution in [3.05, 3.63) is 21.6 Å². The molecule has 0 bridgehead atoms. The zero-order chi connectivity index (χ0) is 10.0. The number of nitrogen functional groups attached to an aromatic ring is 1. The van der Waals surface area contributed by atoms with Crippen molar-refractivity contribution >= 4 is 5.95 Å². The molecule has 0 aliphatic carbocycles. The van der Waals surface area contributed by atoms with E-state index in [-0.39, 0.29) is 17.4 Å². The SMILES string of the molecule is CCc1nc(N)[nH]c(=O)c1C(C)C. The minimum atomic E-state index is -0.112. The number of aromatic amines is 1. The Morgan fingerprint density at radius 2 is 2.15 bits per heavy atom. The fourth-order valence-corrected chi connectivity index (χ4v) is 1.41. The number of rotatable bonds is 2. The van der Waals surface area contributed by atoms with E-state index in [1.165, 1.54) is 0 Å². The number of nitrogens with one attached hydrogen (secondary N) is 1. The molecular weight excluding hydrogens is 166 g/mol. The third-order valence-corrected chi connectivity index (χ3v) is 1.96. The molecule has 0 radical (unpaired) electrons. The standard InChI is InChI=1S/C9H15N3O/c1-4-6-7(5(2)3)8(13)12-9(10)11-6/h5H,4H2,1-3H3,(H3,10,11,12,13). The summed E-state index contributed by atoms with van der Waals surface area (Å²) in [7, 11) is 0. The molecule has 72 valence electrons. The van der Waals surface area contributed by atoms with Crippen LogP contribution in [0.15, 0.2) is 4.79 Å². The van der Waals surface area contributed by atoms with Crippen LogP contribution in [0, 0.1) is 0 Å². The highest BCUT2D eigenvalue weighted by Crippen LogP contribution is 2.13. The lowest BCUT2D eigenvalue weighted by molar-refractivity contribution is 0.798. The van der Waals surface area contributed by atoms with Crippen LogP contribution in [0.5, 0.6) is 0 Å². The number of hydrogen-bond acceptors (Lipinski definition) is 3. The minimum absolute atomic E-state index is 0.112. The minimum Gasteiger partial charge on any atom is -0.369 e. The Morgan fingerprint density at radius 1 is 1.54 bits per heavy atom. The molecule has 0 aromatic carbocycles. The fourth-order valence-electron chi connectivity index (χ4n) is 1.41. The summed E-state index contributed by atoms with van der Waals surface area (Å²) in [5.74, 6) is 0.387. The van der Waals surface area contributed by atoms with Crippen LogP contribution in [0.2, 0.25) is 0 Å². The third-order valence-electron chi connectivity index (χ3n) is 1.96. The van der Waals surface area contributed by atoms with E-state index in [2.05, 4.69) is 9.97 Å². The summed E-state index contributed by atoms with van der Waals surface area (Å²) in [4.78, 5) is 18.1. The monoisotopic (exact) mass is 181 g/mol. The Hall–Kier alpha value is -1.32. The zero-order valence-corrected chi connectivity index (χ0v) is 8.22. The zero-order valence-electron chi connectivity index (χ0n) is 8.22. The molecule has 1 rings (SSSR count). The van der Waals surface area contributed by atoms with E-state index in [0.717, 1.165) is 17.7 Å². The van der Waals surface area contributed by atoms with Crippen LogP contribution in [0.3, 0.4) is 0 Å². The van der Waals surface area contributed by atoms with Crippen LogP contribution < -0.4 is 11.3 Å². The van der Waals surface area contributed by atoms with Crippen molar-refractivity contribution in [2.75, 3.05) is 5.73 Å². The fraction of sp³-hybridized carbons (Fsp3) is 0.556. The Balaban J connectivity index is 3.39.